The van der Waals surface area contributed by atoms with Crippen LogP contribution in [-0.4, -0.2) is 14.8 Å². The molecule has 0 unspecified atom stereocenters. The molecule has 4 nitrogen and oxygen atoms in total. The van der Waals surface area contributed by atoms with Gasteiger partial charge in [0.15, 0.2) is 0 Å². The van der Waals surface area contributed by atoms with Gasteiger partial charge in [-0.05, 0) is 54.2 Å². The fraction of sp³-hybridized carbons (Fsp3) is 0.385. The number of hydrogen-bond donors (Lipinski definition) is 1. The minimum Gasteiger partial charge on any atom is -0.383 e. The number of hydrogen-bond acceptors (Lipinski definition) is 3. The zero-order valence-electron chi connectivity index (χ0n) is 10.7. The fourth-order valence-electron chi connectivity index (χ4n) is 2.02. The first-order valence-electron chi connectivity index (χ1n) is 6.04. The third kappa shape index (κ3) is 2.56. The van der Waals surface area contributed by atoms with E-state index in [9.17, 15) is 0 Å². The lowest BCUT2D eigenvalue weighted by Crippen LogP contribution is -2.06. The van der Waals surface area contributed by atoms with E-state index in [1.54, 1.807) is 6.20 Å². The van der Waals surface area contributed by atoms with Crippen LogP contribution < -0.4 is 5.73 Å². The Bertz CT molecular complexity index is 548. The highest BCUT2D eigenvalue weighted by molar-refractivity contribution is 9.10. The zero-order valence-corrected chi connectivity index (χ0v) is 12.2. The highest BCUT2D eigenvalue weighted by atomic mass is 79.9. The number of rotatable bonds is 4. The average Bonchev–Trinajstić information content (AvgIpc) is 2.65. The van der Waals surface area contributed by atoms with E-state index in [0.29, 0.717) is 5.82 Å². The van der Waals surface area contributed by atoms with E-state index < -0.39 is 0 Å². The Balaban J connectivity index is 2.18. The van der Waals surface area contributed by atoms with E-state index in [1.807, 2.05) is 23.7 Å². The largest absolute Gasteiger partial charge is 0.383 e. The Morgan fingerprint density at radius 2 is 2.17 bits per heavy atom. The molecule has 0 spiro atoms. The first kappa shape index (κ1) is 13.1. The van der Waals surface area contributed by atoms with Gasteiger partial charge in [-0.1, -0.05) is 6.07 Å². The van der Waals surface area contributed by atoms with Gasteiger partial charge < -0.3 is 5.73 Å². The normalized spacial score (nSPS) is 10.8. The summed E-state index contributed by atoms with van der Waals surface area (Å²) in [5, 5.41) is 4.49. The van der Waals surface area contributed by atoms with Crippen LogP contribution in [0.15, 0.2) is 22.8 Å². The van der Waals surface area contributed by atoms with E-state index in [0.717, 1.165) is 35.1 Å². The van der Waals surface area contributed by atoms with Crippen LogP contribution in [0.5, 0.6) is 0 Å². The predicted octanol–water partition coefficient (Wildman–Crippen LogP) is 2.74. The first-order chi connectivity index (χ1) is 8.63. The maximum Gasteiger partial charge on any atom is 0.126 e. The summed E-state index contributed by atoms with van der Waals surface area (Å²) in [7, 11) is 0. The summed E-state index contributed by atoms with van der Waals surface area (Å²) in [5.74, 6) is 0.618. The molecule has 0 saturated carbocycles. The van der Waals surface area contributed by atoms with Crippen LogP contribution in [0.4, 0.5) is 5.82 Å². The Hall–Kier alpha value is -1.36. The number of anilines is 1. The van der Waals surface area contributed by atoms with Crippen LogP contribution in [0.3, 0.4) is 0 Å². The van der Waals surface area contributed by atoms with Gasteiger partial charge in [0.05, 0.1) is 15.9 Å². The number of halogens is 1. The van der Waals surface area contributed by atoms with Gasteiger partial charge in [0.1, 0.15) is 5.82 Å². The first-order valence-corrected chi connectivity index (χ1v) is 6.84. The molecule has 2 aromatic heterocycles. The fourth-order valence-corrected chi connectivity index (χ4v) is 2.51. The number of pyridine rings is 1. The molecule has 5 heteroatoms. The van der Waals surface area contributed by atoms with Crippen molar-refractivity contribution in [2.45, 2.75) is 33.2 Å². The predicted molar refractivity (Wildman–Crippen MR) is 76.4 cm³/mol. The van der Waals surface area contributed by atoms with E-state index in [2.05, 4.69) is 32.9 Å². The van der Waals surface area contributed by atoms with Gasteiger partial charge in [-0.15, -0.1) is 0 Å². The number of nitrogen functional groups attached to an aromatic ring is 1. The molecule has 2 aromatic rings. The van der Waals surface area contributed by atoms with Crippen molar-refractivity contribution in [3.63, 3.8) is 0 Å². The number of aromatic nitrogens is 3. The number of aryl methyl sites for hydroxylation is 3. The topological polar surface area (TPSA) is 56.7 Å². The third-order valence-electron chi connectivity index (χ3n) is 3.01. The lowest BCUT2D eigenvalue weighted by molar-refractivity contribution is 0.613. The zero-order chi connectivity index (χ0) is 13.1. The third-order valence-corrected chi connectivity index (χ3v) is 4.04. The second-order valence-electron chi connectivity index (χ2n) is 4.21. The summed E-state index contributed by atoms with van der Waals surface area (Å²) in [6, 6.07) is 3.94. The Morgan fingerprint density at radius 1 is 1.39 bits per heavy atom. The van der Waals surface area contributed by atoms with Crippen LogP contribution in [0.25, 0.3) is 0 Å². The Labute approximate surface area is 115 Å². The summed E-state index contributed by atoms with van der Waals surface area (Å²) < 4.78 is 3.14. The van der Waals surface area contributed by atoms with Crippen molar-refractivity contribution in [2.75, 3.05) is 5.73 Å². The second-order valence-corrected chi connectivity index (χ2v) is 5.00. The van der Waals surface area contributed by atoms with Crippen LogP contribution >= 0.6 is 15.9 Å². The van der Waals surface area contributed by atoms with Crippen molar-refractivity contribution in [1.82, 2.24) is 14.8 Å². The SMILES string of the molecule is CCn1nc(C)c(Br)c1CCc1cccnc1N. The van der Waals surface area contributed by atoms with Crippen LogP contribution in [0, 0.1) is 6.92 Å². The molecule has 2 N–H and O–H groups in total. The average molecular weight is 309 g/mol. The van der Waals surface area contributed by atoms with Gasteiger partial charge in [-0.25, -0.2) is 4.98 Å². The van der Waals surface area contributed by atoms with Gasteiger partial charge in [-0.3, -0.25) is 4.68 Å². The molecule has 2 heterocycles. The maximum absolute atomic E-state index is 5.85. The van der Waals surface area contributed by atoms with Crippen LogP contribution in [0.2, 0.25) is 0 Å². The minimum absolute atomic E-state index is 0.618. The Kier molecular flexibility index (Phi) is 4.01. The minimum atomic E-state index is 0.618. The lowest BCUT2D eigenvalue weighted by atomic mass is 10.1. The molecule has 96 valence electrons. The van der Waals surface area contributed by atoms with Crippen molar-refractivity contribution in [2.24, 2.45) is 0 Å². The summed E-state index contributed by atoms with van der Waals surface area (Å²) in [4.78, 5) is 4.11. The molecule has 0 bridgehead atoms. The van der Waals surface area contributed by atoms with Gasteiger partial charge in [-0.2, -0.15) is 5.10 Å². The van der Waals surface area contributed by atoms with Crippen molar-refractivity contribution in [3.05, 3.63) is 39.8 Å². The van der Waals surface area contributed by atoms with Crippen LogP contribution in [-0.2, 0) is 19.4 Å². The number of nitrogens with two attached hydrogens (primary N) is 1. The van der Waals surface area contributed by atoms with Gasteiger partial charge in [0.25, 0.3) is 0 Å². The molecule has 2 rings (SSSR count). The van der Waals surface area contributed by atoms with Crippen molar-refractivity contribution in [3.8, 4) is 0 Å². The van der Waals surface area contributed by atoms with Crippen LogP contribution in [0.1, 0.15) is 23.9 Å². The molecule has 0 radical (unpaired) electrons. The van der Waals surface area contributed by atoms with Crippen molar-refractivity contribution in [1.29, 1.82) is 0 Å². The molecule has 0 amide bonds. The standard InChI is InChI=1S/C13H17BrN4/c1-3-18-11(12(14)9(2)17-18)7-6-10-5-4-8-16-13(10)15/h4-5,8H,3,6-7H2,1-2H3,(H2,15,16). The smallest absolute Gasteiger partial charge is 0.126 e. The highest BCUT2D eigenvalue weighted by Crippen LogP contribution is 2.23. The summed E-state index contributed by atoms with van der Waals surface area (Å²) in [6.07, 6.45) is 3.50. The summed E-state index contributed by atoms with van der Waals surface area (Å²) in [5.41, 5.74) is 9.20. The van der Waals surface area contributed by atoms with Gasteiger partial charge in [0, 0.05) is 12.7 Å². The van der Waals surface area contributed by atoms with E-state index in [4.69, 9.17) is 5.73 Å². The molecule has 0 saturated heterocycles. The lowest BCUT2D eigenvalue weighted by Gasteiger charge is -2.07. The molecule has 0 aliphatic heterocycles. The molecule has 0 atom stereocenters. The Morgan fingerprint density at radius 3 is 2.83 bits per heavy atom. The van der Waals surface area contributed by atoms with E-state index >= 15 is 0 Å². The van der Waals surface area contributed by atoms with E-state index in [-0.39, 0.29) is 0 Å². The number of nitrogens with zero attached hydrogens (tertiary/aromatic N) is 3. The monoisotopic (exact) mass is 308 g/mol. The molecular formula is C13H17BrN4. The molecule has 0 aliphatic carbocycles. The summed E-state index contributed by atoms with van der Waals surface area (Å²) in [6.45, 7) is 4.99. The van der Waals surface area contributed by atoms with Gasteiger partial charge >= 0.3 is 0 Å². The quantitative estimate of drug-likeness (QED) is 0.945. The van der Waals surface area contributed by atoms with E-state index in [1.165, 1.54) is 5.69 Å². The molecular weight excluding hydrogens is 292 g/mol. The molecule has 0 fully saturated rings. The molecule has 0 aliphatic rings. The molecule has 0 aromatic carbocycles. The highest BCUT2D eigenvalue weighted by Gasteiger charge is 2.12. The molecule has 18 heavy (non-hydrogen) atoms. The summed E-state index contributed by atoms with van der Waals surface area (Å²) >= 11 is 3.60. The van der Waals surface area contributed by atoms with Crippen molar-refractivity contribution < 1.29 is 0 Å². The maximum atomic E-state index is 5.85. The second kappa shape index (κ2) is 5.52. The van der Waals surface area contributed by atoms with Crippen molar-refractivity contribution >= 4 is 21.7 Å². The van der Waals surface area contributed by atoms with Gasteiger partial charge in [0.2, 0.25) is 0 Å².